The SMILES string of the molecule is Cc1ccc(C(C)N(C)C(=O)CC(C)(C)CC(=O)O)cc1. The normalized spacial score (nSPS) is 12.8. The number of rotatable bonds is 6. The number of benzene rings is 1. The standard InChI is InChI=1S/C17H25NO3/c1-12-6-8-14(9-7-12)13(2)18(5)15(19)10-17(3,4)11-16(20)21/h6-9,13H,10-11H2,1-5H3,(H,20,21). The Hall–Kier alpha value is -1.84. The average molecular weight is 291 g/mol. The summed E-state index contributed by atoms with van der Waals surface area (Å²) in [6.07, 6.45) is 0.220. The first-order chi connectivity index (χ1) is 9.62. The van der Waals surface area contributed by atoms with Crippen molar-refractivity contribution in [1.82, 2.24) is 4.90 Å². The van der Waals surface area contributed by atoms with Crippen molar-refractivity contribution in [3.8, 4) is 0 Å². The highest BCUT2D eigenvalue weighted by Crippen LogP contribution is 2.28. The monoisotopic (exact) mass is 291 g/mol. The van der Waals surface area contributed by atoms with Crippen molar-refractivity contribution in [3.05, 3.63) is 35.4 Å². The van der Waals surface area contributed by atoms with Gasteiger partial charge in [0.2, 0.25) is 5.91 Å². The molecular weight excluding hydrogens is 266 g/mol. The molecule has 1 amide bonds. The molecule has 0 aliphatic rings. The lowest BCUT2D eigenvalue weighted by Crippen LogP contribution is -2.33. The molecule has 1 N–H and O–H groups in total. The molecule has 1 aromatic carbocycles. The molecule has 0 aromatic heterocycles. The molecule has 1 atom stereocenters. The van der Waals surface area contributed by atoms with Gasteiger partial charge in [-0.25, -0.2) is 0 Å². The van der Waals surface area contributed by atoms with Gasteiger partial charge < -0.3 is 10.0 Å². The van der Waals surface area contributed by atoms with Gasteiger partial charge in [-0.2, -0.15) is 0 Å². The Bertz CT molecular complexity index is 505. The van der Waals surface area contributed by atoms with E-state index in [9.17, 15) is 9.59 Å². The summed E-state index contributed by atoms with van der Waals surface area (Å²) in [7, 11) is 1.77. The maximum absolute atomic E-state index is 12.4. The molecule has 1 unspecified atom stereocenters. The first kappa shape index (κ1) is 17.2. The number of amides is 1. The summed E-state index contributed by atoms with van der Waals surface area (Å²) in [6, 6.07) is 8.06. The van der Waals surface area contributed by atoms with Crippen molar-refractivity contribution in [2.45, 2.75) is 46.6 Å². The van der Waals surface area contributed by atoms with Crippen LogP contribution in [0.15, 0.2) is 24.3 Å². The van der Waals surface area contributed by atoms with Crippen molar-refractivity contribution in [2.24, 2.45) is 5.41 Å². The first-order valence-corrected chi connectivity index (χ1v) is 7.16. The van der Waals surface area contributed by atoms with Crippen LogP contribution in [-0.4, -0.2) is 28.9 Å². The highest BCUT2D eigenvalue weighted by atomic mass is 16.4. The van der Waals surface area contributed by atoms with Gasteiger partial charge in [0.25, 0.3) is 0 Å². The molecule has 1 rings (SSSR count). The van der Waals surface area contributed by atoms with Gasteiger partial charge >= 0.3 is 5.97 Å². The van der Waals surface area contributed by atoms with Gasteiger partial charge in [-0.15, -0.1) is 0 Å². The number of hydrogen-bond acceptors (Lipinski definition) is 2. The van der Waals surface area contributed by atoms with E-state index < -0.39 is 11.4 Å². The summed E-state index contributed by atoms with van der Waals surface area (Å²) in [6.45, 7) is 7.62. The Morgan fingerprint density at radius 2 is 1.71 bits per heavy atom. The van der Waals surface area contributed by atoms with Gasteiger partial charge in [-0.05, 0) is 24.8 Å². The third kappa shape index (κ3) is 5.21. The Kier molecular flexibility index (Phi) is 5.53. The van der Waals surface area contributed by atoms with E-state index in [0.29, 0.717) is 0 Å². The lowest BCUT2D eigenvalue weighted by Gasteiger charge is -2.29. The van der Waals surface area contributed by atoms with Crippen LogP contribution in [-0.2, 0) is 9.59 Å². The molecule has 0 bridgehead atoms. The highest BCUT2D eigenvalue weighted by Gasteiger charge is 2.28. The third-order valence-electron chi connectivity index (χ3n) is 3.79. The molecule has 1 aromatic rings. The summed E-state index contributed by atoms with van der Waals surface area (Å²) in [5, 5.41) is 8.89. The van der Waals surface area contributed by atoms with Gasteiger partial charge in [0.05, 0.1) is 12.5 Å². The second-order valence-electron chi connectivity index (χ2n) is 6.50. The number of hydrogen-bond donors (Lipinski definition) is 1. The average Bonchev–Trinajstić information content (AvgIpc) is 2.35. The molecule has 4 nitrogen and oxygen atoms in total. The van der Waals surface area contributed by atoms with Crippen LogP contribution < -0.4 is 0 Å². The minimum absolute atomic E-state index is 0.00844. The van der Waals surface area contributed by atoms with Crippen molar-refractivity contribution in [3.63, 3.8) is 0 Å². The number of carbonyl (C=O) groups is 2. The van der Waals surface area contributed by atoms with E-state index in [1.54, 1.807) is 11.9 Å². The fraction of sp³-hybridized carbons (Fsp3) is 0.529. The van der Waals surface area contributed by atoms with Gasteiger partial charge in [-0.1, -0.05) is 43.7 Å². The van der Waals surface area contributed by atoms with Crippen LogP contribution in [0.25, 0.3) is 0 Å². The second kappa shape index (κ2) is 6.74. The molecule has 116 valence electrons. The molecule has 0 radical (unpaired) electrons. The summed E-state index contributed by atoms with van der Waals surface area (Å²) in [5.41, 5.74) is 1.72. The Morgan fingerprint density at radius 1 is 1.19 bits per heavy atom. The second-order valence-corrected chi connectivity index (χ2v) is 6.50. The fourth-order valence-corrected chi connectivity index (χ4v) is 2.29. The quantitative estimate of drug-likeness (QED) is 0.874. The van der Waals surface area contributed by atoms with Crippen molar-refractivity contribution in [1.29, 1.82) is 0 Å². The summed E-state index contributed by atoms with van der Waals surface area (Å²) in [4.78, 5) is 24.9. The van der Waals surface area contributed by atoms with E-state index >= 15 is 0 Å². The molecule has 0 fully saturated rings. The molecule has 21 heavy (non-hydrogen) atoms. The summed E-state index contributed by atoms with van der Waals surface area (Å²) >= 11 is 0. The third-order valence-corrected chi connectivity index (χ3v) is 3.79. The van der Waals surface area contributed by atoms with Crippen LogP contribution in [0.5, 0.6) is 0 Å². The molecule has 0 aliphatic carbocycles. The van der Waals surface area contributed by atoms with Crippen LogP contribution in [0, 0.1) is 12.3 Å². The molecule has 0 spiro atoms. The number of aryl methyl sites for hydroxylation is 1. The van der Waals surface area contributed by atoms with E-state index in [0.717, 1.165) is 5.56 Å². The Morgan fingerprint density at radius 3 is 2.19 bits per heavy atom. The number of carbonyl (C=O) groups excluding carboxylic acids is 1. The number of nitrogens with zero attached hydrogens (tertiary/aromatic N) is 1. The molecule has 0 aliphatic heterocycles. The largest absolute Gasteiger partial charge is 0.481 e. The van der Waals surface area contributed by atoms with Crippen LogP contribution in [0.2, 0.25) is 0 Å². The lowest BCUT2D eigenvalue weighted by atomic mass is 9.85. The molecule has 0 saturated heterocycles. The molecule has 0 saturated carbocycles. The Balaban J connectivity index is 2.73. The van der Waals surface area contributed by atoms with Crippen LogP contribution in [0.4, 0.5) is 0 Å². The minimum atomic E-state index is -0.873. The zero-order chi connectivity index (χ0) is 16.2. The lowest BCUT2D eigenvalue weighted by molar-refractivity contribution is -0.140. The summed E-state index contributed by atoms with van der Waals surface area (Å²) in [5.74, 6) is -0.906. The number of aliphatic carboxylic acids is 1. The topological polar surface area (TPSA) is 57.6 Å². The van der Waals surface area contributed by atoms with E-state index in [2.05, 4.69) is 0 Å². The van der Waals surface area contributed by atoms with E-state index in [1.807, 2.05) is 52.0 Å². The van der Waals surface area contributed by atoms with Gasteiger partial charge in [-0.3, -0.25) is 9.59 Å². The van der Waals surface area contributed by atoms with E-state index in [4.69, 9.17) is 5.11 Å². The van der Waals surface area contributed by atoms with Crippen molar-refractivity contribution >= 4 is 11.9 Å². The molecule has 4 heteroatoms. The van der Waals surface area contributed by atoms with E-state index in [1.165, 1.54) is 5.56 Å². The molecule has 0 heterocycles. The first-order valence-electron chi connectivity index (χ1n) is 7.16. The zero-order valence-electron chi connectivity index (χ0n) is 13.5. The molecular formula is C17H25NO3. The van der Waals surface area contributed by atoms with Crippen molar-refractivity contribution in [2.75, 3.05) is 7.05 Å². The van der Waals surface area contributed by atoms with Gasteiger partial charge in [0.1, 0.15) is 0 Å². The fourth-order valence-electron chi connectivity index (χ4n) is 2.29. The number of carboxylic acids is 1. The predicted octanol–water partition coefficient (Wildman–Crippen LogP) is 3.41. The van der Waals surface area contributed by atoms with Crippen LogP contribution in [0.3, 0.4) is 0 Å². The minimum Gasteiger partial charge on any atom is -0.481 e. The maximum Gasteiger partial charge on any atom is 0.303 e. The van der Waals surface area contributed by atoms with Crippen LogP contribution in [0.1, 0.15) is 50.8 Å². The van der Waals surface area contributed by atoms with Crippen LogP contribution >= 0.6 is 0 Å². The number of carboxylic acid groups (broad SMARTS) is 1. The van der Waals surface area contributed by atoms with Gasteiger partial charge in [0, 0.05) is 13.5 Å². The smallest absolute Gasteiger partial charge is 0.303 e. The predicted molar refractivity (Wildman–Crippen MR) is 83.0 cm³/mol. The van der Waals surface area contributed by atoms with E-state index in [-0.39, 0.29) is 24.8 Å². The zero-order valence-corrected chi connectivity index (χ0v) is 13.5. The summed E-state index contributed by atoms with van der Waals surface area (Å²) < 4.78 is 0. The maximum atomic E-state index is 12.4. The highest BCUT2D eigenvalue weighted by molar-refractivity contribution is 5.78. The van der Waals surface area contributed by atoms with Crippen molar-refractivity contribution < 1.29 is 14.7 Å². The van der Waals surface area contributed by atoms with Gasteiger partial charge in [0.15, 0.2) is 0 Å². The Labute approximate surface area is 126 Å².